The van der Waals surface area contributed by atoms with E-state index in [0.717, 1.165) is 22.3 Å². The van der Waals surface area contributed by atoms with Crippen molar-refractivity contribution in [2.75, 3.05) is 12.9 Å². The van der Waals surface area contributed by atoms with Crippen molar-refractivity contribution in [1.29, 1.82) is 0 Å². The number of halogens is 1. The number of benzene rings is 1. The first-order valence-corrected chi connectivity index (χ1v) is 11.2. The van der Waals surface area contributed by atoms with Crippen molar-refractivity contribution in [3.05, 3.63) is 53.6 Å². The molecule has 29 heavy (non-hydrogen) atoms. The molecule has 0 bridgehead atoms. The van der Waals surface area contributed by atoms with E-state index in [9.17, 15) is 9.18 Å². The molecule has 1 unspecified atom stereocenters. The summed E-state index contributed by atoms with van der Waals surface area (Å²) in [7, 11) is -1.46. The SMILES string of the molecule is C=C(C)/C(=C\C)c1ccc(CN2C[PH]3=C(C2=O)C(OCC(C)(C)F)=NC=N3)cc1. The summed E-state index contributed by atoms with van der Waals surface area (Å²) in [5.41, 5.74) is 2.77. The Morgan fingerprint density at radius 2 is 2.07 bits per heavy atom. The van der Waals surface area contributed by atoms with Crippen molar-refractivity contribution >= 4 is 36.7 Å². The fourth-order valence-corrected chi connectivity index (χ4v) is 5.27. The molecule has 5 nitrogen and oxygen atoms in total. The number of carbonyl (C=O) groups is 1. The van der Waals surface area contributed by atoms with E-state index in [2.05, 4.69) is 16.3 Å². The van der Waals surface area contributed by atoms with Crippen LogP contribution in [0.3, 0.4) is 0 Å². The standard InChI is InChI=1S/C22H27FN3O2P/c1-6-18(15(2)3)17-9-7-16(8-10-17)11-26-14-29-19(21(26)27)20(24-13-25-29)28-12-22(4,5)23/h6-10,13,29H,2,11-12,14H2,1,3-5H3/b18-6+. The van der Waals surface area contributed by atoms with Crippen LogP contribution in [0, 0.1) is 0 Å². The van der Waals surface area contributed by atoms with E-state index in [1.54, 1.807) is 4.90 Å². The lowest BCUT2D eigenvalue weighted by Crippen LogP contribution is -2.36. The Kier molecular flexibility index (Phi) is 6.23. The Morgan fingerprint density at radius 1 is 1.38 bits per heavy atom. The van der Waals surface area contributed by atoms with Crippen molar-refractivity contribution in [1.82, 2.24) is 4.90 Å². The van der Waals surface area contributed by atoms with Crippen LogP contribution in [0.5, 0.6) is 0 Å². The molecule has 154 valence electrons. The molecule has 2 aliphatic rings. The number of carbonyl (C=O) groups excluding carboxylic acids is 1. The summed E-state index contributed by atoms with van der Waals surface area (Å²) >= 11 is 0. The maximum Gasteiger partial charge on any atom is 0.261 e. The average Bonchev–Trinajstić information content (AvgIpc) is 2.97. The Morgan fingerprint density at radius 3 is 2.66 bits per heavy atom. The van der Waals surface area contributed by atoms with Crippen molar-refractivity contribution in [2.45, 2.75) is 39.9 Å². The van der Waals surface area contributed by atoms with Gasteiger partial charge in [-0.3, -0.25) is 9.56 Å². The average molecular weight is 415 g/mol. The Balaban J connectivity index is 1.71. The molecule has 2 heterocycles. The highest BCUT2D eigenvalue weighted by molar-refractivity contribution is 7.63. The van der Waals surface area contributed by atoms with Gasteiger partial charge in [0.05, 0.1) is 6.29 Å². The minimum absolute atomic E-state index is 0.119. The lowest BCUT2D eigenvalue weighted by molar-refractivity contribution is -0.123. The van der Waals surface area contributed by atoms with E-state index >= 15 is 0 Å². The van der Waals surface area contributed by atoms with Gasteiger partial charge in [-0.05, 0) is 44.4 Å². The zero-order chi connectivity index (χ0) is 21.2. The molecule has 0 N–H and O–H groups in total. The monoisotopic (exact) mass is 415 g/mol. The molecule has 0 saturated heterocycles. The van der Waals surface area contributed by atoms with E-state index in [4.69, 9.17) is 4.74 Å². The summed E-state index contributed by atoms with van der Waals surface area (Å²) in [4.78, 5) is 18.8. The second-order valence-electron chi connectivity index (χ2n) is 7.85. The lowest BCUT2D eigenvalue weighted by Gasteiger charge is -2.19. The van der Waals surface area contributed by atoms with Gasteiger partial charge in [0.15, 0.2) is 0 Å². The van der Waals surface area contributed by atoms with Crippen LogP contribution in [0.2, 0.25) is 0 Å². The number of nitrogens with zero attached hydrogens (tertiary/aromatic N) is 3. The third-order valence-corrected chi connectivity index (χ3v) is 6.78. The summed E-state index contributed by atoms with van der Waals surface area (Å²) in [6.45, 7) is 11.2. The molecule has 0 saturated carbocycles. The highest BCUT2D eigenvalue weighted by atomic mass is 31.1. The Bertz CT molecular complexity index is 953. The summed E-state index contributed by atoms with van der Waals surface area (Å²) in [5.74, 6) is 0.105. The molecule has 2 aliphatic heterocycles. The third-order valence-electron chi connectivity index (χ3n) is 4.67. The first-order valence-electron chi connectivity index (χ1n) is 9.56. The number of ether oxygens (including phenoxy) is 1. The lowest BCUT2D eigenvalue weighted by atomic mass is 9.99. The fraction of sp³-hybridized carbons (Fsp3) is 0.364. The highest BCUT2D eigenvalue weighted by Gasteiger charge is 2.35. The predicted molar refractivity (Wildman–Crippen MR) is 121 cm³/mol. The predicted octanol–water partition coefficient (Wildman–Crippen LogP) is 4.47. The van der Waals surface area contributed by atoms with Crippen LogP contribution in [0.1, 0.15) is 38.8 Å². The molecule has 0 fully saturated rings. The van der Waals surface area contributed by atoms with Gasteiger partial charge in [0, 0.05) is 14.2 Å². The Labute approximate surface area is 172 Å². The van der Waals surface area contributed by atoms with E-state index in [0.29, 0.717) is 18.1 Å². The number of aliphatic imine (C=N–C) groups is 1. The maximum atomic E-state index is 13.8. The number of amides is 1. The van der Waals surface area contributed by atoms with E-state index in [-0.39, 0.29) is 18.4 Å². The Hall–Kier alpha value is -2.46. The maximum absolute atomic E-state index is 13.8. The van der Waals surface area contributed by atoms with Gasteiger partial charge in [0.1, 0.15) is 23.9 Å². The third kappa shape index (κ3) is 4.94. The second kappa shape index (κ2) is 8.50. The number of alkyl halides is 1. The summed E-state index contributed by atoms with van der Waals surface area (Å²) in [5, 5.41) is 0.511. The van der Waals surface area contributed by atoms with Crippen molar-refractivity contribution < 1.29 is 13.9 Å². The first kappa shape index (κ1) is 21.3. The van der Waals surface area contributed by atoms with Crippen molar-refractivity contribution in [3.8, 4) is 0 Å². The van der Waals surface area contributed by atoms with E-state index in [1.165, 1.54) is 20.2 Å². The molecule has 1 aromatic rings. The minimum atomic E-state index is -1.50. The summed E-state index contributed by atoms with van der Waals surface area (Å²) in [6.07, 6.45) is 4.04. The molecule has 3 rings (SSSR count). The molecular formula is C22H27FN3O2P. The zero-order valence-electron chi connectivity index (χ0n) is 17.3. The smallest absolute Gasteiger partial charge is 0.261 e. The number of rotatable bonds is 6. The topological polar surface area (TPSA) is 54.3 Å². The number of allylic oxidation sites excluding steroid dienone is 3. The molecule has 1 amide bonds. The van der Waals surface area contributed by atoms with Gasteiger partial charge in [-0.15, -0.1) is 0 Å². The van der Waals surface area contributed by atoms with Gasteiger partial charge in [-0.1, -0.05) is 42.5 Å². The molecule has 0 spiro atoms. The van der Waals surface area contributed by atoms with Crippen LogP contribution in [-0.4, -0.2) is 46.9 Å². The largest absolute Gasteiger partial charge is 0.474 e. The van der Waals surface area contributed by atoms with Crippen LogP contribution in [-0.2, 0) is 16.1 Å². The fourth-order valence-electron chi connectivity index (χ4n) is 3.30. The van der Waals surface area contributed by atoms with E-state index < -0.39 is 13.4 Å². The molecule has 1 aromatic carbocycles. The number of hydrogen-bond acceptors (Lipinski definition) is 4. The summed E-state index contributed by atoms with van der Waals surface area (Å²) < 4.78 is 23.7. The van der Waals surface area contributed by atoms with Crippen LogP contribution in [0.15, 0.2) is 52.2 Å². The van der Waals surface area contributed by atoms with Gasteiger partial charge in [0.25, 0.3) is 5.91 Å². The van der Waals surface area contributed by atoms with Gasteiger partial charge >= 0.3 is 0 Å². The zero-order valence-corrected chi connectivity index (χ0v) is 18.3. The molecule has 7 heteroatoms. The van der Waals surface area contributed by atoms with Gasteiger partial charge in [-0.2, -0.15) is 0 Å². The molecule has 0 aliphatic carbocycles. The van der Waals surface area contributed by atoms with Gasteiger partial charge in [-0.25, -0.2) is 9.38 Å². The van der Waals surface area contributed by atoms with Gasteiger partial charge in [0.2, 0.25) is 5.90 Å². The number of hydrogen-bond donors (Lipinski definition) is 0. The molecule has 0 aromatic heterocycles. The summed E-state index contributed by atoms with van der Waals surface area (Å²) in [6, 6.07) is 8.15. The minimum Gasteiger partial charge on any atom is -0.474 e. The molecule has 0 radical (unpaired) electrons. The first-order chi connectivity index (χ1) is 13.7. The molecular weight excluding hydrogens is 388 g/mol. The van der Waals surface area contributed by atoms with Crippen LogP contribution in [0.25, 0.3) is 5.57 Å². The van der Waals surface area contributed by atoms with Crippen molar-refractivity contribution in [3.63, 3.8) is 0 Å². The quantitative estimate of drug-likeness (QED) is 0.508. The normalized spacial score (nSPS) is 19.3. The van der Waals surface area contributed by atoms with Gasteiger partial charge < -0.3 is 9.64 Å². The van der Waals surface area contributed by atoms with Crippen LogP contribution in [0.4, 0.5) is 4.39 Å². The van der Waals surface area contributed by atoms with Crippen LogP contribution >= 0.6 is 7.70 Å². The molecule has 1 atom stereocenters. The second-order valence-corrected chi connectivity index (χ2v) is 9.82. The van der Waals surface area contributed by atoms with Crippen molar-refractivity contribution in [2.24, 2.45) is 9.76 Å². The van der Waals surface area contributed by atoms with E-state index in [1.807, 2.05) is 44.2 Å². The van der Waals surface area contributed by atoms with Crippen LogP contribution < -0.4 is 0 Å². The highest BCUT2D eigenvalue weighted by Crippen LogP contribution is 2.37.